The van der Waals surface area contributed by atoms with Gasteiger partial charge in [0.25, 0.3) is 0 Å². The summed E-state index contributed by atoms with van der Waals surface area (Å²) >= 11 is 5.30. The van der Waals surface area contributed by atoms with E-state index >= 15 is 0 Å². The summed E-state index contributed by atoms with van der Waals surface area (Å²) in [5, 5.41) is -0.421. The van der Waals surface area contributed by atoms with E-state index in [1.165, 1.54) is 12.1 Å². The van der Waals surface area contributed by atoms with Crippen LogP contribution in [-0.4, -0.2) is 0 Å². The Morgan fingerprint density at radius 3 is 2.17 bits per heavy atom. The van der Waals surface area contributed by atoms with Crippen LogP contribution in [0.1, 0.15) is 18.9 Å². The van der Waals surface area contributed by atoms with Crippen molar-refractivity contribution in [2.45, 2.75) is 19.8 Å². The van der Waals surface area contributed by atoms with Gasteiger partial charge in [-0.2, -0.15) is 0 Å². The molecule has 0 aromatic heterocycles. The molecule has 0 bridgehead atoms. The van der Waals surface area contributed by atoms with E-state index < -0.39 is 16.7 Å². The van der Waals surface area contributed by atoms with E-state index in [9.17, 15) is 8.78 Å². The number of hydrogen-bond acceptors (Lipinski definition) is 0. The molecule has 0 heterocycles. The summed E-state index contributed by atoms with van der Waals surface area (Å²) in [5.41, 5.74) is 0.650. The molecular formula is C9H9ClF2. The molecule has 1 aromatic carbocycles. The smallest absolute Gasteiger partial charge is 0.145 e. The largest absolute Gasteiger partial charge is 0.205 e. The molecule has 0 saturated carbocycles. The van der Waals surface area contributed by atoms with E-state index in [1.54, 1.807) is 0 Å². The molecule has 3 heteroatoms. The highest BCUT2D eigenvalue weighted by Crippen LogP contribution is 2.20. The Bertz CT molecular complexity index is 261. The Morgan fingerprint density at radius 2 is 1.75 bits per heavy atom. The van der Waals surface area contributed by atoms with Gasteiger partial charge in [-0.05, 0) is 24.1 Å². The maximum Gasteiger partial charge on any atom is 0.145 e. The van der Waals surface area contributed by atoms with Gasteiger partial charge in [-0.25, -0.2) is 8.78 Å². The average molecular weight is 191 g/mol. The Balaban J connectivity index is 3.04. The van der Waals surface area contributed by atoms with Crippen LogP contribution in [0.15, 0.2) is 12.1 Å². The summed E-state index contributed by atoms with van der Waals surface area (Å²) in [6, 6.07) is 2.55. The highest BCUT2D eigenvalue weighted by atomic mass is 35.5. The minimum atomic E-state index is -0.680. The monoisotopic (exact) mass is 190 g/mol. The highest BCUT2D eigenvalue weighted by Gasteiger charge is 2.07. The molecular weight excluding hydrogens is 182 g/mol. The first-order chi connectivity index (χ1) is 5.65. The van der Waals surface area contributed by atoms with Gasteiger partial charge < -0.3 is 0 Å². The third-order valence-corrected chi connectivity index (χ3v) is 1.94. The van der Waals surface area contributed by atoms with Gasteiger partial charge in [0.1, 0.15) is 16.7 Å². The van der Waals surface area contributed by atoms with Crippen molar-refractivity contribution >= 4 is 11.6 Å². The zero-order valence-electron chi connectivity index (χ0n) is 6.70. The van der Waals surface area contributed by atoms with Gasteiger partial charge in [-0.3, -0.25) is 0 Å². The number of rotatable bonds is 2. The van der Waals surface area contributed by atoms with Crippen molar-refractivity contribution < 1.29 is 8.78 Å². The molecule has 0 aliphatic heterocycles. The number of benzene rings is 1. The standard InChI is InChI=1S/C9H9ClF2/c1-2-3-6-4-7(11)9(10)8(12)5-6/h4-5H,2-3H2,1H3. The fourth-order valence-electron chi connectivity index (χ4n) is 1.04. The van der Waals surface area contributed by atoms with Crippen molar-refractivity contribution in [3.63, 3.8) is 0 Å². The Kier molecular flexibility index (Phi) is 3.04. The molecule has 0 amide bonds. The highest BCUT2D eigenvalue weighted by molar-refractivity contribution is 6.30. The van der Waals surface area contributed by atoms with Crippen LogP contribution in [0.25, 0.3) is 0 Å². The van der Waals surface area contributed by atoms with Crippen molar-refractivity contribution in [2.75, 3.05) is 0 Å². The lowest BCUT2D eigenvalue weighted by Crippen LogP contribution is -1.90. The summed E-state index contributed by atoms with van der Waals surface area (Å²) in [7, 11) is 0. The third-order valence-electron chi connectivity index (χ3n) is 1.58. The van der Waals surface area contributed by atoms with Gasteiger partial charge in [-0.15, -0.1) is 0 Å². The van der Waals surface area contributed by atoms with Crippen LogP contribution >= 0.6 is 11.6 Å². The van der Waals surface area contributed by atoms with E-state index in [0.29, 0.717) is 12.0 Å². The first-order valence-corrected chi connectivity index (χ1v) is 4.16. The summed E-state index contributed by atoms with van der Waals surface area (Å²) in [6.45, 7) is 1.95. The average Bonchev–Trinajstić information content (AvgIpc) is 2.01. The maximum absolute atomic E-state index is 12.8. The van der Waals surface area contributed by atoms with E-state index in [2.05, 4.69) is 0 Å². The molecule has 0 aliphatic carbocycles. The summed E-state index contributed by atoms with van der Waals surface area (Å²) in [4.78, 5) is 0. The summed E-state index contributed by atoms with van der Waals surface area (Å²) in [5.74, 6) is -1.36. The van der Waals surface area contributed by atoms with Crippen molar-refractivity contribution in [1.29, 1.82) is 0 Å². The summed E-state index contributed by atoms with van der Waals surface area (Å²) < 4.78 is 25.6. The predicted octanol–water partition coefficient (Wildman–Crippen LogP) is 3.57. The van der Waals surface area contributed by atoms with Gasteiger partial charge in [0, 0.05) is 0 Å². The molecule has 0 spiro atoms. The lowest BCUT2D eigenvalue weighted by molar-refractivity contribution is 0.580. The van der Waals surface area contributed by atoms with Crippen molar-refractivity contribution in [3.05, 3.63) is 34.4 Å². The van der Waals surface area contributed by atoms with Crippen LogP contribution in [0.2, 0.25) is 5.02 Å². The Hall–Kier alpha value is -0.630. The Labute approximate surface area is 75.2 Å². The number of hydrogen-bond donors (Lipinski definition) is 0. The second-order valence-electron chi connectivity index (χ2n) is 2.62. The molecule has 0 aliphatic rings. The zero-order valence-corrected chi connectivity index (χ0v) is 7.46. The molecule has 1 rings (SSSR count). The predicted molar refractivity (Wildman–Crippen MR) is 45.4 cm³/mol. The van der Waals surface area contributed by atoms with Crippen molar-refractivity contribution in [3.8, 4) is 0 Å². The molecule has 0 fully saturated rings. The molecule has 0 radical (unpaired) electrons. The molecule has 0 N–H and O–H groups in total. The SMILES string of the molecule is CCCc1cc(F)c(Cl)c(F)c1. The number of halogens is 3. The fourth-order valence-corrected chi connectivity index (χ4v) is 1.15. The van der Waals surface area contributed by atoms with E-state index in [4.69, 9.17) is 11.6 Å². The maximum atomic E-state index is 12.8. The number of aryl methyl sites for hydroxylation is 1. The van der Waals surface area contributed by atoms with Gasteiger partial charge in [-0.1, -0.05) is 24.9 Å². The van der Waals surface area contributed by atoms with Gasteiger partial charge in [0.05, 0.1) is 0 Å². The van der Waals surface area contributed by atoms with Crippen LogP contribution in [0.4, 0.5) is 8.78 Å². The molecule has 66 valence electrons. The first-order valence-electron chi connectivity index (χ1n) is 3.78. The topological polar surface area (TPSA) is 0 Å². The van der Waals surface area contributed by atoms with E-state index in [0.717, 1.165) is 6.42 Å². The van der Waals surface area contributed by atoms with Gasteiger partial charge in [0.15, 0.2) is 0 Å². The quantitative estimate of drug-likeness (QED) is 0.626. The van der Waals surface area contributed by atoms with Crippen LogP contribution in [0.3, 0.4) is 0 Å². The Morgan fingerprint density at radius 1 is 1.25 bits per heavy atom. The molecule has 0 saturated heterocycles. The molecule has 1 aromatic rings. The van der Waals surface area contributed by atoms with Crippen LogP contribution in [-0.2, 0) is 6.42 Å². The van der Waals surface area contributed by atoms with Crippen molar-refractivity contribution in [2.24, 2.45) is 0 Å². The second-order valence-corrected chi connectivity index (χ2v) is 3.00. The van der Waals surface area contributed by atoms with E-state index in [-0.39, 0.29) is 0 Å². The van der Waals surface area contributed by atoms with Crippen LogP contribution < -0.4 is 0 Å². The normalized spacial score (nSPS) is 10.3. The minimum Gasteiger partial charge on any atom is -0.205 e. The van der Waals surface area contributed by atoms with Crippen molar-refractivity contribution in [1.82, 2.24) is 0 Å². The third kappa shape index (κ3) is 1.95. The van der Waals surface area contributed by atoms with Crippen LogP contribution in [0, 0.1) is 11.6 Å². The fraction of sp³-hybridized carbons (Fsp3) is 0.333. The second kappa shape index (κ2) is 3.85. The molecule has 0 atom stereocenters. The van der Waals surface area contributed by atoms with Gasteiger partial charge >= 0.3 is 0 Å². The first kappa shape index (κ1) is 9.46. The zero-order chi connectivity index (χ0) is 9.14. The molecule has 0 unspecified atom stereocenters. The molecule has 0 nitrogen and oxygen atoms in total. The van der Waals surface area contributed by atoms with Gasteiger partial charge in [0.2, 0.25) is 0 Å². The lowest BCUT2D eigenvalue weighted by atomic mass is 10.1. The summed E-state index contributed by atoms with van der Waals surface area (Å²) in [6.07, 6.45) is 1.53. The lowest BCUT2D eigenvalue weighted by Gasteiger charge is -2.01. The van der Waals surface area contributed by atoms with E-state index in [1.807, 2.05) is 6.92 Å². The minimum absolute atomic E-state index is 0.421. The van der Waals surface area contributed by atoms with Crippen LogP contribution in [0.5, 0.6) is 0 Å². The molecule has 12 heavy (non-hydrogen) atoms.